The van der Waals surface area contributed by atoms with Gasteiger partial charge in [0.15, 0.2) is 0 Å². The van der Waals surface area contributed by atoms with Gasteiger partial charge in [-0.3, -0.25) is 4.79 Å². The molecular formula is C19H22ClN3O2. The van der Waals surface area contributed by atoms with Crippen molar-refractivity contribution in [3.05, 3.63) is 47.1 Å². The van der Waals surface area contributed by atoms with Crippen molar-refractivity contribution in [1.82, 2.24) is 10.3 Å². The molecule has 1 aliphatic carbocycles. The van der Waals surface area contributed by atoms with E-state index < -0.39 is 0 Å². The number of benzene rings is 1. The topological polar surface area (TPSA) is 63.2 Å². The van der Waals surface area contributed by atoms with Crippen molar-refractivity contribution in [1.29, 1.82) is 0 Å². The highest BCUT2D eigenvalue weighted by Crippen LogP contribution is 2.28. The summed E-state index contributed by atoms with van der Waals surface area (Å²) in [6, 6.07) is 9.27. The Morgan fingerprint density at radius 1 is 1.20 bits per heavy atom. The molecule has 2 N–H and O–H groups in total. The van der Waals surface area contributed by atoms with Crippen molar-refractivity contribution in [2.45, 2.75) is 38.1 Å². The quantitative estimate of drug-likeness (QED) is 0.822. The summed E-state index contributed by atoms with van der Waals surface area (Å²) in [4.78, 5) is 16.6. The maximum atomic E-state index is 12.3. The molecule has 0 atom stereocenters. The van der Waals surface area contributed by atoms with Crippen LogP contribution in [0.1, 0.15) is 42.5 Å². The summed E-state index contributed by atoms with van der Waals surface area (Å²) in [6.45, 7) is 0. The number of amides is 1. The van der Waals surface area contributed by atoms with Gasteiger partial charge in [-0.15, -0.1) is 0 Å². The molecule has 1 fully saturated rings. The van der Waals surface area contributed by atoms with Gasteiger partial charge in [0.2, 0.25) is 0 Å². The third kappa shape index (κ3) is 4.63. The molecule has 1 saturated carbocycles. The number of hydrogen-bond donors (Lipinski definition) is 2. The van der Waals surface area contributed by atoms with Crippen LogP contribution in [0.4, 0.5) is 11.5 Å². The summed E-state index contributed by atoms with van der Waals surface area (Å²) >= 11 is 6.12. The highest BCUT2D eigenvalue weighted by molar-refractivity contribution is 6.32. The van der Waals surface area contributed by atoms with Crippen LogP contribution in [0.3, 0.4) is 0 Å². The van der Waals surface area contributed by atoms with Crippen LogP contribution in [-0.2, 0) is 0 Å². The van der Waals surface area contributed by atoms with Crippen molar-refractivity contribution in [2.24, 2.45) is 0 Å². The van der Waals surface area contributed by atoms with Crippen LogP contribution < -0.4 is 15.4 Å². The molecule has 1 aromatic heterocycles. The Kier molecular flexibility index (Phi) is 5.76. The standard InChI is InChI=1S/C19H22ClN3O2/c1-25-17-9-8-15(11-16(17)20)22-18-10-7-13(12-21-18)19(24)23-14-5-3-2-4-6-14/h7-12,14H,2-6H2,1H3,(H,21,22)(H,23,24). The average molecular weight is 360 g/mol. The number of aromatic nitrogens is 1. The van der Waals surface area contributed by atoms with E-state index in [4.69, 9.17) is 16.3 Å². The fourth-order valence-electron chi connectivity index (χ4n) is 3.01. The van der Waals surface area contributed by atoms with Gasteiger partial charge in [0.25, 0.3) is 5.91 Å². The summed E-state index contributed by atoms with van der Waals surface area (Å²) in [5, 5.41) is 6.78. The summed E-state index contributed by atoms with van der Waals surface area (Å²) in [6.07, 6.45) is 7.37. The largest absolute Gasteiger partial charge is 0.495 e. The van der Waals surface area contributed by atoms with Crippen LogP contribution in [0.5, 0.6) is 5.75 Å². The Morgan fingerprint density at radius 2 is 2.00 bits per heavy atom. The number of ether oxygens (including phenoxy) is 1. The molecule has 0 unspecified atom stereocenters. The van der Waals surface area contributed by atoms with E-state index in [1.807, 2.05) is 6.07 Å². The molecule has 6 heteroatoms. The zero-order chi connectivity index (χ0) is 17.6. The Labute approximate surface area is 152 Å². The minimum atomic E-state index is -0.0570. The van der Waals surface area contributed by atoms with Gasteiger partial charge in [-0.2, -0.15) is 0 Å². The summed E-state index contributed by atoms with van der Waals surface area (Å²) in [5.74, 6) is 1.21. The second-order valence-corrected chi connectivity index (χ2v) is 6.62. The van der Waals surface area contributed by atoms with Gasteiger partial charge >= 0.3 is 0 Å². The van der Waals surface area contributed by atoms with E-state index in [0.29, 0.717) is 28.2 Å². The van der Waals surface area contributed by atoms with Gasteiger partial charge in [-0.1, -0.05) is 30.9 Å². The van der Waals surface area contributed by atoms with Crippen LogP contribution in [0.15, 0.2) is 36.5 Å². The van der Waals surface area contributed by atoms with Crippen molar-refractivity contribution in [3.8, 4) is 5.75 Å². The molecule has 132 valence electrons. The lowest BCUT2D eigenvalue weighted by molar-refractivity contribution is 0.0927. The second-order valence-electron chi connectivity index (χ2n) is 6.21. The Morgan fingerprint density at radius 3 is 2.64 bits per heavy atom. The van der Waals surface area contributed by atoms with Crippen LogP contribution in [0.2, 0.25) is 5.02 Å². The summed E-state index contributed by atoms with van der Waals surface area (Å²) < 4.78 is 5.13. The zero-order valence-corrected chi connectivity index (χ0v) is 15.0. The molecule has 0 saturated heterocycles. The van der Waals surface area contributed by atoms with Gasteiger partial charge in [0, 0.05) is 17.9 Å². The molecule has 3 rings (SSSR count). The minimum Gasteiger partial charge on any atom is -0.495 e. The molecule has 0 radical (unpaired) electrons. The minimum absolute atomic E-state index is 0.0570. The van der Waals surface area contributed by atoms with Gasteiger partial charge < -0.3 is 15.4 Å². The predicted octanol–water partition coefficient (Wildman–Crippen LogP) is 4.55. The number of rotatable bonds is 5. The van der Waals surface area contributed by atoms with E-state index in [9.17, 15) is 4.79 Å². The summed E-state index contributed by atoms with van der Waals surface area (Å²) in [7, 11) is 1.58. The highest BCUT2D eigenvalue weighted by atomic mass is 35.5. The Bertz CT molecular complexity index is 728. The van der Waals surface area contributed by atoms with Gasteiger partial charge in [0.1, 0.15) is 11.6 Å². The molecule has 1 amide bonds. The number of carbonyl (C=O) groups is 1. The molecule has 1 heterocycles. The first-order valence-electron chi connectivity index (χ1n) is 8.53. The van der Waals surface area contributed by atoms with Crippen LogP contribution in [-0.4, -0.2) is 24.0 Å². The smallest absolute Gasteiger partial charge is 0.253 e. The monoisotopic (exact) mass is 359 g/mol. The highest BCUT2D eigenvalue weighted by Gasteiger charge is 2.16. The fourth-order valence-corrected chi connectivity index (χ4v) is 3.27. The third-order valence-corrected chi connectivity index (χ3v) is 4.69. The number of anilines is 2. The average Bonchev–Trinajstić information content (AvgIpc) is 2.63. The normalized spacial score (nSPS) is 14.8. The first-order valence-corrected chi connectivity index (χ1v) is 8.91. The van der Waals surface area contributed by atoms with E-state index >= 15 is 0 Å². The second kappa shape index (κ2) is 8.21. The lowest BCUT2D eigenvalue weighted by Crippen LogP contribution is -2.36. The number of carbonyl (C=O) groups excluding carboxylic acids is 1. The number of pyridine rings is 1. The zero-order valence-electron chi connectivity index (χ0n) is 14.2. The molecule has 1 aliphatic rings. The number of nitrogens with one attached hydrogen (secondary N) is 2. The fraction of sp³-hybridized carbons (Fsp3) is 0.368. The Balaban J connectivity index is 1.61. The van der Waals surface area contributed by atoms with E-state index in [-0.39, 0.29) is 5.91 Å². The molecule has 2 aromatic rings. The summed E-state index contributed by atoms with van der Waals surface area (Å²) in [5.41, 5.74) is 1.38. The van der Waals surface area contributed by atoms with E-state index in [0.717, 1.165) is 18.5 Å². The lowest BCUT2D eigenvalue weighted by atomic mass is 9.95. The first-order chi connectivity index (χ1) is 12.2. The van der Waals surface area contributed by atoms with Gasteiger partial charge in [-0.05, 0) is 43.2 Å². The number of halogens is 1. The van der Waals surface area contributed by atoms with E-state index in [1.165, 1.54) is 19.3 Å². The van der Waals surface area contributed by atoms with E-state index in [1.54, 1.807) is 37.6 Å². The Hall–Kier alpha value is -2.27. The van der Waals surface area contributed by atoms with Crippen molar-refractivity contribution in [3.63, 3.8) is 0 Å². The maximum Gasteiger partial charge on any atom is 0.253 e. The number of nitrogens with zero attached hydrogens (tertiary/aromatic N) is 1. The predicted molar refractivity (Wildman–Crippen MR) is 99.9 cm³/mol. The van der Waals surface area contributed by atoms with Crippen molar-refractivity contribution < 1.29 is 9.53 Å². The van der Waals surface area contributed by atoms with Crippen LogP contribution >= 0.6 is 11.6 Å². The van der Waals surface area contributed by atoms with Crippen molar-refractivity contribution in [2.75, 3.05) is 12.4 Å². The third-order valence-electron chi connectivity index (χ3n) is 4.39. The van der Waals surface area contributed by atoms with Gasteiger partial charge in [0.05, 0.1) is 17.7 Å². The maximum absolute atomic E-state index is 12.3. The van der Waals surface area contributed by atoms with Crippen molar-refractivity contribution >= 4 is 29.0 Å². The molecule has 1 aromatic carbocycles. The van der Waals surface area contributed by atoms with Crippen LogP contribution in [0.25, 0.3) is 0 Å². The molecular weight excluding hydrogens is 338 g/mol. The van der Waals surface area contributed by atoms with E-state index in [2.05, 4.69) is 15.6 Å². The van der Waals surface area contributed by atoms with Gasteiger partial charge in [-0.25, -0.2) is 4.98 Å². The van der Waals surface area contributed by atoms with Crippen LogP contribution in [0, 0.1) is 0 Å². The molecule has 0 bridgehead atoms. The molecule has 5 nitrogen and oxygen atoms in total. The lowest BCUT2D eigenvalue weighted by Gasteiger charge is -2.22. The first kappa shape index (κ1) is 17.5. The molecule has 25 heavy (non-hydrogen) atoms. The number of methoxy groups -OCH3 is 1. The molecule has 0 aliphatic heterocycles. The molecule has 0 spiro atoms. The number of hydrogen-bond acceptors (Lipinski definition) is 4. The SMILES string of the molecule is COc1ccc(Nc2ccc(C(=O)NC3CCCCC3)cn2)cc1Cl.